The Kier molecular flexibility index (Phi) is 6.35. The van der Waals surface area contributed by atoms with Crippen molar-refractivity contribution in [2.45, 2.75) is 26.1 Å². The van der Waals surface area contributed by atoms with E-state index in [2.05, 4.69) is 0 Å². The van der Waals surface area contributed by atoms with Crippen LogP contribution in [0.3, 0.4) is 0 Å². The molecule has 0 unspecified atom stereocenters. The summed E-state index contributed by atoms with van der Waals surface area (Å²) < 4.78 is 25.3. The Morgan fingerprint density at radius 3 is 2.71 bits per heavy atom. The van der Waals surface area contributed by atoms with Gasteiger partial charge in [0.15, 0.2) is 0 Å². The smallest absolute Gasteiger partial charge is 0.414 e. The molecule has 1 N–H and O–H groups in total. The lowest BCUT2D eigenvalue weighted by atomic mass is 10.2. The number of amides is 2. The van der Waals surface area contributed by atoms with Gasteiger partial charge in [0.05, 0.1) is 43.8 Å². The fourth-order valence-electron chi connectivity index (χ4n) is 3.45. The molecule has 2 saturated heterocycles. The molecule has 1 aromatic rings. The summed E-state index contributed by atoms with van der Waals surface area (Å²) in [6.07, 6.45) is -1.81. The number of aliphatic hydroxyl groups is 1. The van der Waals surface area contributed by atoms with Crippen molar-refractivity contribution in [2.75, 3.05) is 55.7 Å². The van der Waals surface area contributed by atoms with E-state index in [1.54, 1.807) is 19.1 Å². The van der Waals surface area contributed by atoms with Crippen LogP contribution in [0.5, 0.6) is 0 Å². The Balaban J connectivity index is 1.68. The summed E-state index contributed by atoms with van der Waals surface area (Å²) in [5.74, 6) is -0.619. The van der Waals surface area contributed by atoms with Crippen LogP contribution in [0.1, 0.15) is 13.8 Å². The highest BCUT2D eigenvalue weighted by Crippen LogP contribution is 2.28. The van der Waals surface area contributed by atoms with Crippen LogP contribution in [0, 0.1) is 5.82 Å². The molecule has 0 aromatic heterocycles. The van der Waals surface area contributed by atoms with Gasteiger partial charge in [-0.25, -0.2) is 9.18 Å². The molecule has 2 heterocycles. The van der Waals surface area contributed by atoms with Gasteiger partial charge in [-0.15, -0.1) is 0 Å². The molecule has 154 valence electrons. The topological polar surface area (TPSA) is 82.6 Å². The van der Waals surface area contributed by atoms with Gasteiger partial charge >= 0.3 is 6.09 Å². The molecule has 0 radical (unpaired) electrons. The molecule has 2 amide bonds. The molecule has 2 fully saturated rings. The van der Waals surface area contributed by atoms with Crippen molar-refractivity contribution in [3.63, 3.8) is 0 Å². The molecule has 1 aromatic carbocycles. The highest BCUT2D eigenvalue weighted by Gasteiger charge is 2.34. The number of anilines is 2. The maximum atomic E-state index is 14.6. The first-order chi connectivity index (χ1) is 13.3. The molecule has 0 bridgehead atoms. The number of morpholine rings is 1. The third kappa shape index (κ3) is 4.71. The van der Waals surface area contributed by atoms with Crippen molar-refractivity contribution in [3.8, 4) is 0 Å². The van der Waals surface area contributed by atoms with Crippen LogP contribution in [-0.2, 0) is 14.3 Å². The molecule has 2 aliphatic heterocycles. The number of carbonyl (C=O) groups excluding carboxylic acids is 2. The summed E-state index contributed by atoms with van der Waals surface area (Å²) in [7, 11) is 0. The highest BCUT2D eigenvalue weighted by molar-refractivity contribution is 5.90. The van der Waals surface area contributed by atoms with Gasteiger partial charge in [0, 0.05) is 26.6 Å². The second kappa shape index (κ2) is 8.74. The summed E-state index contributed by atoms with van der Waals surface area (Å²) in [5, 5.41) is 9.53. The van der Waals surface area contributed by atoms with Crippen molar-refractivity contribution < 1.29 is 28.6 Å². The van der Waals surface area contributed by atoms with Crippen LogP contribution in [0.15, 0.2) is 18.2 Å². The predicted molar refractivity (Wildman–Crippen MR) is 101 cm³/mol. The number of benzene rings is 1. The molecular formula is C19H26FN3O5. The van der Waals surface area contributed by atoms with E-state index in [1.807, 2.05) is 4.90 Å². The van der Waals surface area contributed by atoms with Gasteiger partial charge in [-0.3, -0.25) is 9.69 Å². The van der Waals surface area contributed by atoms with Crippen molar-refractivity contribution in [1.82, 2.24) is 4.90 Å². The highest BCUT2D eigenvalue weighted by atomic mass is 19.1. The molecule has 2 atom stereocenters. The van der Waals surface area contributed by atoms with E-state index in [9.17, 15) is 19.1 Å². The predicted octanol–water partition coefficient (Wildman–Crippen LogP) is 1.22. The lowest BCUT2D eigenvalue weighted by molar-refractivity contribution is -0.131. The third-order valence-corrected chi connectivity index (χ3v) is 4.82. The zero-order valence-electron chi connectivity index (χ0n) is 16.1. The standard InChI is InChI=1S/C19H26FN3O5/c1-13(24)10-22(14(2)25)11-16-12-23(19(26)28-16)15-3-4-18(17(20)9-15)21-5-7-27-8-6-21/h3-4,9,13,16,24H,5-8,10-12H2,1-2H3/t13-,16-/m0/s1. The van der Waals surface area contributed by atoms with Gasteiger partial charge in [0.1, 0.15) is 11.9 Å². The summed E-state index contributed by atoms with van der Waals surface area (Å²) in [4.78, 5) is 28.7. The zero-order valence-corrected chi connectivity index (χ0v) is 16.1. The molecule has 28 heavy (non-hydrogen) atoms. The fraction of sp³-hybridized carbons (Fsp3) is 0.579. The van der Waals surface area contributed by atoms with Crippen LogP contribution >= 0.6 is 0 Å². The molecule has 0 aliphatic carbocycles. The van der Waals surface area contributed by atoms with Crippen LogP contribution < -0.4 is 9.80 Å². The number of nitrogens with zero attached hydrogens (tertiary/aromatic N) is 3. The molecule has 9 heteroatoms. The minimum atomic E-state index is -0.682. The van der Waals surface area contributed by atoms with Crippen LogP contribution in [0.4, 0.5) is 20.6 Å². The van der Waals surface area contributed by atoms with E-state index in [-0.39, 0.29) is 25.5 Å². The van der Waals surface area contributed by atoms with Gasteiger partial charge in [-0.05, 0) is 25.1 Å². The zero-order chi connectivity index (χ0) is 20.3. The maximum Gasteiger partial charge on any atom is 0.414 e. The number of rotatable bonds is 6. The number of hydrogen-bond acceptors (Lipinski definition) is 6. The van der Waals surface area contributed by atoms with E-state index < -0.39 is 24.1 Å². The number of aliphatic hydroxyl groups excluding tert-OH is 1. The van der Waals surface area contributed by atoms with Gasteiger partial charge in [0.25, 0.3) is 0 Å². The molecule has 8 nitrogen and oxygen atoms in total. The number of ether oxygens (including phenoxy) is 2. The van der Waals surface area contributed by atoms with Crippen LogP contribution in [0.25, 0.3) is 0 Å². The lowest BCUT2D eigenvalue weighted by Crippen LogP contribution is -2.41. The monoisotopic (exact) mass is 395 g/mol. The SMILES string of the molecule is CC(=O)N(C[C@H]1CN(c2ccc(N3CCOCC3)c(F)c2)C(=O)O1)C[C@H](C)O. The summed E-state index contributed by atoms with van der Waals surface area (Å²) in [6.45, 7) is 5.88. The Hall–Kier alpha value is -2.39. The summed E-state index contributed by atoms with van der Waals surface area (Å²) in [6, 6.07) is 4.68. The van der Waals surface area contributed by atoms with Crippen molar-refractivity contribution in [1.29, 1.82) is 0 Å². The summed E-state index contributed by atoms with van der Waals surface area (Å²) in [5.41, 5.74) is 0.891. The van der Waals surface area contributed by atoms with Gasteiger partial charge in [0.2, 0.25) is 5.91 Å². The van der Waals surface area contributed by atoms with Crippen molar-refractivity contribution >= 4 is 23.4 Å². The number of carbonyl (C=O) groups is 2. The molecule has 3 rings (SSSR count). The third-order valence-electron chi connectivity index (χ3n) is 4.82. The average Bonchev–Trinajstić information content (AvgIpc) is 3.01. The molecular weight excluding hydrogens is 369 g/mol. The first-order valence-electron chi connectivity index (χ1n) is 9.39. The van der Waals surface area contributed by atoms with Crippen LogP contribution in [0.2, 0.25) is 0 Å². The Morgan fingerprint density at radius 1 is 1.39 bits per heavy atom. The molecule has 0 saturated carbocycles. The van der Waals surface area contributed by atoms with Gasteiger partial charge in [-0.1, -0.05) is 0 Å². The summed E-state index contributed by atoms with van der Waals surface area (Å²) >= 11 is 0. The largest absolute Gasteiger partial charge is 0.442 e. The van der Waals surface area contributed by atoms with E-state index in [4.69, 9.17) is 9.47 Å². The normalized spacial score (nSPS) is 20.9. The van der Waals surface area contributed by atoms with E-state index in [0.717, 1.165) is 0 Å². The Bertz CT molecular complexity index is 724. The second-order valence-electron chi connectivity index (χ2n) is 7.12. The number of halogens is 1. The fourth-order valence-corrected chi connectivity index (χ4v) is 3.45. The first kappa shape index (κ1) is 20.3. The quantitative estimate of drug-likeness (QED) is 0.780. The maximum absolute atomic E-state index is 14.6. The average molecular weight is 395 g/mol. The van der Waals surface area contributed by atoms with Gasteiger partial charge in [-0.2, -0.15) is 0 Å². The van der Waals surface area contributed by atoms with E-state index in [1.165, 1.54) is 22.8 Å². The minimum absolute atomic E-state index is 0.159. The number of cyclic esters (lactones) is 1. The Labute approximate surface area is 163 Å². The minimum Gasteiger partial charge on any atom is -0.442 e. The second-order valence-corrected chi connectivity index (χ2v) is 7.12. The van der Waals surface area contributed by atoms with Crippen LogP contribution in [-0.4, -0.2) is 80.2 Å². The molecule has 2 aliphatic rings. The molecule has 0 spiro atoms. The lowest BCUT2D eigenvalue weighted by Gasteiger charge is -2.29. The van der Waals surface area contributed by atoms with E-state index >= 15 is 0 Å². The Morgan fingerprint density at radius 2 is 2.11 bits per heavy atom. The number of hydrogen-bond donors (Lipinski definition) is 1. The van der Waals surface area contributed by atoms with Crippen molar-refractivity contribution in [3.05, 3.63) is 24.0 Å². The van der Waals surface area contributed by atoms with Gasteiger partial charge < -0.3 is 24.4 Å². The first-order valence-corrected chi connectivity index (χ1v) is 9.39. The van der Waals surface area contributed by atoms with Crippen molar-refractivity contribution in [2.24, 2.45) is 0 Å². The van der Waals surface area contributed by atoms with E-state index in [0.29, 0.717) is 37.7 Å².